The number of aromatic nitrogens is 4. The van der Waals surface area contributed by atoms with Gasteiger partial charge in [-0.05, 0) is 64.2 Å². The number of hydrogen-bond acceptors (Lipinski definition) is 7. The summed E-state index contributed by atoms with van der Waals surface area (Å²) in [6, 6.07) is 19.7. The molecule has 5 rings (SSSR count). The van der Waals surface area contributed by atoms with E-state index in [1.165, 1.54) is 11.8 Å². The highest BCUT2D eigenvalue weighted by molar-refractivity contribution is 7.98. The van der Waals surface area contributed by atoms with Gasteiger partial charge in [-0.25, -0.2) is 4.79 Å². The van der Waals surface area contributed by atoms with Crippen LogP contribution in [0.3, 0.4) is 0 Å². The first kappa shape index (κ1) is 22.5. The monoisotopic (exact) mass is 487 g/mol. The van der Waals surface area contributed by atoms with E-state index < -0.39 is 29.9 Å². The molecule has 1 fully saturated rings. The number of nitrogens with one attached hydrogen (secondary N) is 2. The fraction of sp³-hybridized carbons (Fsp3) is 0.167. The number of urea groups is 1. The number of carbonyl (C=O) groups excluding carboxylic acids is 3. The summed E-state index contributed by atoms with van der Waals surface area (Å²) in [6.07, 6.45) is 1.86. The minimum atomic E-state index is -1.27. The van der Waals surface area contributed by atoms with Crippen molar-refractivity contribution >= 4 is 46.1 Å². The molecule has 2 N–H and O–H groups in total. The molecular weight excluding hydrogens is 466 g/mol. The summed E-state index contributed by atoms with van der Waals surface area (Å²) < 4.78 is 1.55. The van der Waals surface area contributed by atoms with Gasteiger partial charge in [-0.2, -0.15) is 4.68 Å². The molecule has 1 saturated heterocycles. The van der Waals surface area contributed by atoms with Crippen molar-refractivity contribution in [1.82, 2.24) is 30.4 Å². The van der Waals surface area contributed by atoms with Crippen LogP contribution in [0.2, 0.25) is 0 Å². The van der Waals surface area contributed by atoms with Gasteiger partial charge in [0.1, 0.15) is 12.1 Å². The predicted molar refractivity (Wildman–Crippen MR) is 131 cm³/mol. The van der Waals surface area contributed by atoms with Crippen molar-refractivity contribution in [3.63, 3.8) is 0 Å². The number of hydrogen-bond donors (Lipinski definition) is 2. The summed E-state index contributed by atoms with van der Waals surface area (Å²) in [7, 11) is 0. The number of fused-ring (bicyclic) bond motifs is 1. The first-order valence-electron chi connectivity index (χ1n) is 10.7. The van der Waals surface area contributed by atoms with Crippen LogP contribution < -0.4 is 10.6 Å². The molecule has 4 amide bonds. The van der Waals surface area contributed by atoms with Crippen LogP contribution in [-0.4, -0.2) is 55.8 Å². The predicted octanol–water partition coefficient (Wildman–Crippen LogP) is 2.94. The molecule has 3 aromatic carbocycles. The standard InChI is InChI=1S/C24H21N7O3S/c1-24(17-11-10-15-6-3-4-7-16(15)12-17)21(33)30(22(34)26-24)14-20(32)25-18-8-5-9-19(13-18)31-23(35-2)27-28-29-31/h3-13H,14H2,1-2H3,(H,25,32)(H,26,34). The highest BCUT2D eigenvalue weighted by Crippen LogP contribution is 2.31. The van der Waals surface area contributed by atoms with E-state index >= 15 is 0 Å². The zero-order valence-corrected chi connectivity index (χ0v) is 19.7. The molecular formula is C24H21N7O3S. The van der Waals surface area contributed by atoms with Crippen molar-refractivity contribution in [1.29, 1.82) is 0 Å². The van der Waals surface area contributed by atoms with E-state index in [1.54, 1.807) is 35.9 Å². The Hall–Kier alpha value is -4.25. The normalized spacial score (nSPS) is 17.6. The number of tetrazole rings is 1. The molecule has 0 saturated carbocycles. The van der Waals surface area contributed by atoms with Crippen LogP contribution >= 0.6 is 11.8 Å². The van der Waals surface area contributed by atoms with Crippen LogP contribution in [0.25, 0.3) is 16.5 Å². The average molecular weight is 488 g/mol. The lowest BCUT2D eigenvalue weighted by atomic mass is 9.90. The fourth-order valence-electron chi connectivity index (χ4n) is 4.06. The molecule has 0 spiro atoms. The van der Waals surface area contributed by atoms with Crippen LogP contribution in [0, 0.1) is 0 Å². The molecule has 4 aromatic rings. The van der Waals surface area contributed by atoms with E-state index in [-0.39, 0.29) is 0 Å². The quantitative estimate of drug-likeness (QED) is 0.317. The topological polar surface area (TPSA) is 122 Å². The van der Waals surface area contributed by atoms with E-state index in [2.05, 4.69) is 26.2 Å². The number of thioether (sulfide) groups is 1. The van der Waals surface area contributed by atoms with Crippen molar-refractivity contribution < 1.29 is 14.4 Å². The summed E-state index contributed by atoms with van der Waals surface area (Å²) in [5.74, 6) is -0.991. The number of rotatable bonds is 6. The Labute approximate surface area is 204 Å². The molecule has 1 aromatic heterocycles. The number of benzene rings is 3. The van der Waals surface area contributed by atoms with Gasteiger partial charge in [0.05, 0.1) is 5.69 Å². The van der Waals surface area contributed by atoms with Gasteiger partial charge in [0.15, 0.2) is 0 Å². The summed E-state index contributed by atoms with van der Waals surface area (Å²) in [6.45, 7) is 1.23. The van der Waals surface area contributed by atoms with Crippen LogP contribution in [0.4, 0.5) is 10.5 Å². The fourth-order valence-corrected chi connectivity index (χ4v) is 4.50. The summed E-state index contributed by atoms with van der Waals surface area (Å²) in [5, 5.41) is 19.6. The summed E-state index contributed by atoms with van der Waals surface area (Å²) >= 11 is 1.39. The molecule has 35 heavy (non-hydrogen) atoms. The van der Waals surface area contributed by atoms with E-state index in [0.29, 0.717) is 22.1 Å². The first-order chi connectivity index (χ1) is 16.9. The van der Waals surface area contributed by atoms with Crippen LogP contribution in [-0.2, 0) is 15.1 Å². The number of imide groups is 1. The molecule has 1 aliphatic heterocycles. The van der Waals surface area contributed by atoms with E-state index in [0.717, 1.165) is 15.7 Å². The van der Waals surface area contributed by atoms with Crippen molar-refractivity contribution in [2.75, 3.05) is 18.1 Å². The lowest BCUT2D eigenvalue weighted by Gasteiger charge is -2.22. The second-order valence-electron chi connectivity index (χ2n) is 8.18. The van der Waals surface area contributed by atoms with Crippen molar-refractivity contribution in [2.24, 2.45) is 0 Å². The third kappa shape index (κ3) is 4.10. The Morgan fingerprint density at radius 3 is 2.66 bits per heavy atom. The Kier molecular flexibility index (Phi) is 5.69. The number of carbonyl (C=O) groups is 3. The second kappa shape index (κ2) is 8.84. The molecule has 10 nitrogen and oxygen atoms in total. The molecule has 0 bridgehead atoms. The highest BCUT2D eigenvalue weighted by Gasteiger charge is 2.49. The largest absolute Gasteiger partial charge is 0.325 e. The molecule has 0 aliphatic carbocycles. The minimum Gasteiger partial charge on any atom is -0.324 e. The smallest absolute Gasteiger partial charge is 0.324 e. The average Bonchev–Trinajstić information content (AvgIpc) is 3.43. The summed E-state index contributed by atoms with van der Waals surface area (Å²) in [5.41, 5.74) is 0.530. The maximum absolute atomic E-state index is 13.3. The van der Waals surface area contributed by atoms with Gasteiger partial charge in [0.2, 0.25) is 11.1 Å². The maximum atomic E-state index is 13.3. The van der Waals surface area contributed by atoms with Crippen molar-refractivity contribution in [2.45, 2.75) is 17.6 Å². The Morgan fingerprint density at radius 2 is 1.86 bits per heavy atom. The van der Waals surface area contributed by atoms with Crippen molar-refractivity contribution in [3.05, 3.63) is 72.3 Å². The molecule has 1 atom stereocenters. The Balaban J connectivity index is 1.32. The van der Waals surface area contributed by atoms with Gasteiger partial charge >= 0.3 is 6.03 Å². The van der Waals surface area contributed by atoms with Crippen LogP contribution in [0.1, 0.15) is 12.5 Å². The van der Waals surface area contributed by atoms with Gasteiger partial charge in [-0.1, -0.05) is 54.2 Å². The first-order valence-corrected chi connectivity index (χ1v) is 12.0. The van der Waals surface area contributed by atoms with Crippen LogP contribution in [0.15, 0.2) is 71.9 Å². The van der Waals surface area contributed by atoms with Gasteiger partial charge in [-0.3, -0.25) is 14.5 Å². The van der Waals surface area contributed by atoms with Crippen LogP contribution in [0.5, 0.6) is 0 Å². The molecule has 11 heteroatoms. The van der Waals surface area contributed by atoms with Gasteiger partial charge in [0.25, 0.3) is 5.91 Å². The third-order valence-electron chi connectivity index (χ3n) is 5.90. The third-order valence-corrected chi connectivity index (χ3v) is 6.52. The van der Waals surface area contributed by atoms with Gasteiger partial charge < -0.3 is 10.6 Å². The zero-order chi connectivity index (χ0) is 24.6. The van der Waals surface area contributed by atoms with E-state index in [9.17, 15) is 14.4 Å². The number of anilines is 1. The molecule has 1 unspecified atom stereocenters. The lowest BCUT2D eigenvalue weighted by Crippen LogP contribution is -2.42. The Morgan fingerprint density at radius 1 is 1.06 bits per heavy atom. The summed E-state index contributed by atoms with van der Waals surface area (Å²) in [4.78, 5) is 39.7. The van der Waals surface area contributed by atoms with E-state index in [1.807, 2.05) is 48.7 Å². The molecule has 0 radical (unpaired) electrons. The maximum Gasteiger partial charge on any atom is 0.325 e. The molecule has 176 valence electrons. The Bertz CT molecular complexity index is 1470. The second-order valence-corrected chi connectivity index (χ2v) is 8.96. The zero-order valence-electron chi connectivity index (χ0n) is 18.9. The number of nitrogens with zero attached hydrogens (tertiary/aromatic N) is 5. The van der Waals surface area contributed by atoms with Crippen molar-refractivity contribution in [3.8, 4) is 5.69 Å². The highest BCUT2D eigenvalue weighted by atomic mass is 32.2. The SMILES string of the molecule is CSc1nnnn1-c1cccc(NC(=O)CN2C(=O)NC(C)(c3ccc4ccccc4c3)C2=O)c1. The number of amides is 4. The molecule has 2 heterocycles. The minimum absolute atomic E-state index is 0.418. The van der Waals surface area contributed by atoms with E-state index in [4.69, 9.17) is 0 Å². The van der Waals surface area contributed by atoms with Gasteiger partial charge in [0, 0.05) is 5.69 Å². The lowest BCUT2D eigenvalue weighted by molar-refractivity contribution is -0.133. The molecule has 1 aliphatic rings. The van der Waals surface area contributed by atoms with Gasteiger partial charge in [-0.15, -0.1) is 5.10 Å².